The SMILES string of the molecule is C/C=C/CCNC(=O)C(C)(N)C1CC1. The fraction of sp³-hybridized carbons (Fsp3) is 0.727. The van der Waals surface area contributed by atoms with Gasteiger partial charge in [0.1, 0.15) is 0 Å². The Labute approximate surface area is 85.7 Å². The largest absolute Gasteiger partial charge is 0.354 e. The second-order valence-corrected chi connectivity index (χ2v) is 4.17. The third-order valence-electron chi connectivity index (χ3n) is 2.75. The van der Waals surface area contributed by atoms with Gasteiger partial charge in [-0.25, -0.2) is 0 Å². The Kier molecular flexibility index (Phi) is 3.69. The molecule has 14 heavy (non-hydrogen) atoms. The van der Waals surface area contributed by atoms with Crippen molar-refractivity contribution in [2.45, 2.75) is 38.6 Å². The summed E-state index contributed by atoms with van der Waals surface area (Å²) in [5.74, 6) is 0.383. The van der Waals surface area contributed by atoms with E-state index >= 15 is 0 Å². The van der Waals surface area contributed by atoms with Crippen LogP contribution in [0.4, 0.5) is 0 Å². The highest BCUT2D eigenvalue weighted by atomic mass is 16.2. The number of allylic oxidation sites excluding steroid dienone is 1. The zero-order chi connectivity index (χ0) is 10.6. The van der Waals surface area contributed by atoms with E-state index in [0.29, 0.717) is 12.5 Å². The van der Waals surface area contributed by atoms with E-state index in [2.05, 4.69) is 5.32 Å². The van der Waals surface area contributed by atoms with E-state index in [1.165, 1.54) is 0 Å². The van der Waals surface area contributed by atoms with Crippen LogP contribution in [0.3, 0.4) is 0 Å². The number of carbonyl (C=O) groups is 1. The first-order valence-electron chi connectivity index (χ1n) is 5.27. The molecule has 1 amide bonds. The normalized spacial score (nSPS) is 20.8. The van der Waals surface area contributed by atoms with E-state index in [0.717, 1.165) is 19.3 Å². The topological polar surface area (TPSA) is 55.1 Å². The maximum Gasteiger partial charge on any atom is 0.240 e. The molecule has 1 fully saturated rings. The molecule has 0 radical (unpaired) electrons. The Hall–Kier alpha value is -0.830. The van der Waals surface area contributed by atoms with Gasteiger partial charge in [0.15, 0.2) is 0 Å². The zero-order valence-corrected chi connectivity index (χ0v) is 9.05. The van der Waals surface area contributed by atoms with Gasteiger partial charge in [-0.1, -0.05) is 12.2 Å². The van der Waals surface area contributed by atoms with Crippen LogP contribution in [0.2, 0.25) is 0 Å². The lowest BCUT2D eigenvalue weighted by atomic mass is 9.96. The van der Waals surface area contributed by atoms with Crippen molar-refractivity contribution < 1.29 is 4.79 Å². The second-order valence-electron chi connectivity index (χ2n) is 4.17. The van der Waals surface area contributed by atoms with Crippen LogP contribution >= 0.6 is 0 Å². The second kappa shape index (κ2) is 4.60. The molecule has 0 aliphatic heterocycles. The molecule has 1 saturated carbocycles. The summed E-state index contributed by atoms with van der Waals surface area (Å²) in [4.78, 5) is 11.6. The van der Waals surface area contributed by atoms with Gasteiger partial charge >= 0.3 is 0 Å². The smallest absolute Gasteiger partial charge is 0.240 e. The highest BCUT2D eigenvalue weighted by molar-refractivity contribution is 5.86. The summed E-state index contributed by atoms with van der Waals surface area (Å²) < 4.78 is 0. The van der Waals surface area contributed by atoms with E-state index in [4.69, 9.17) is 5.73 Å². The van der Waals surface area contributed by atoms with Gasteiger partial charge in [-0.3, -0.25) is 4.79 Å². The van der Waals surface area contributed by atoms with Crippen LogP contribution in [-0.4, -0.2) is 18.0 Å². The predicted molar refractivity (Wildman–Crippen MR) is 57.8 cm³/mol. The van der Waals surface area contributed by atoms with Crippen LogP contribution in [0, 0.1) is 5.92 Å². The van der Waals surface area contributed by atoms with Crippen molar-refractivity contribution in [2.24, 2.45) is 11.7 Å². The van der Waals surface area contributed by atoms with Crippen molar-refractivity contribution in [1.82, 2.24) is 5.32 Å². The molecule has 3 heteroatoms. The summed E-state index contributed by atoms with van der Waals surface area (Å²) in [6, 6.07) is 0. The Morgan fingerprint density at radius 1 is 1.64 bits per heavy atom. The molecule has 3 N–H and O–H groups in total. The van der Waals surface area contributed by atoms with Gasteiger partial charge in [0.2, 0.25) is 5.91 Å². The lowest BCUT2D eigenvalue weighted by molar-refractivity contribution is -0.126. The number of nitrogens with two attached hydrogens (primary N) is 1. The van der Waals surface area contributed by atoms with E-state index < -0.39 is 5.54 Å². The molecule has 0 spiro atoms. The van der Waals surface area contributed by atoms with Gasteiger partial charge in [-0.05, 0) is 39.0 Å². The average Bonchev–Trinajstić information content (AvgIpc) is 2.94. The first kappa shape index (κ1) is 11.2. The standard InChI is InChI=1S/C11H20N2O/c1-3-4-5-8-13-10(14)11(2,12)9-6-7-9/h3-4,9H,5-8,12H2,1-2H3,(H,13,14)/b4-3+. The summed E-state index contributed by atoms with van der Waals surface area (Å²) in [6.07, 6.45) is 7.08. The molecule has 0 aromatic heterocycles. The van der Waals surface area contributed by atoms with Gasteiger partial charge in [0, 0.05) is 6.54 Å². The maximum absolute atomic E-state index is 11.6. The van der Waals surface area contributed by atoms with Gasteiger partial charge in [0.25, 0.3) is 0 Å². The zero-order valence-electron chi connectivity index (χ0n) is 9.05. The quantitative estimate of drug-likeness (QED) is 0.512. The minimum atomic E-state index is -0.657. The third kappa shape index (κ3) is 2.84. The third-order valence-corrected chi connectivity index (χ3v) is 2.75. The Bertz CT molecular complexity index is 229. The molecule has 1 aliphatic rings. The fourth-order valence-electron chi connectivity index (χ4n) is 1.49. The van der Waals surface area contributed by atoms with Crippen molar-refractivity contribution in [2.75, 3.05) is 6.54 Å². The molecule has 0 heterocycles. The van der Waals surface area contributed by atoms with Gasteiger partial charge in [-0.2, -0.15) is 0 Å². The Morgan fingerprint density at radius 2 is 2.29 bits per heavy atom. The van der Waals surface area contributed by atoms with Crippen molar-refractivity contribution >= 4 is 5.91 Å². The molecule has 1 atom stereocenters. The monoisotopic (exact) mass is 196 g/mol. The van der Waals surface area contributed by atoms with E-state index in [-0.39, 0.29) is 5.91 Å². The maximum atomic E-state index is 11.6. The fourth-order valence-corrected chi connectivity index (χ4v) is 1.49. The number of amides is 1. The van der Waals surface area contributed by atoms with E-state index in [1.807, 2.05) is 26.0 Å². The van der Waals surface area contributed by atoms with E-state index in [1.54, 1.807) is 0 Å². The first-order chi connectivity index (χ1) is 6.59. The Morgan fingerprint density at radius 3 is 2.79 bits per heavy atom. The molecule has 0 aromatic carbocycles. The number of carbonyl (C=O) groups excluding carboxylic acids is 1. The molecule has 0 bridgehead atoms. The highest BCUT2D eigenvalue weighted by Crippen LogP contribution is 2.37. The lowest BCUT2D eigenvalue weighted by Gasteiger charge is -2.22. The first-order valence-corrected chi connectivity index (χ1v) is 5.27. The van der Waals surface area contributed by atoms with Gasteiger partial charge in [-0.15, -0.1) is 0 Å². The van der Waals surface area contributed by atoms with Crippen molar-refractivity contribution in [3.05, 3.63) is 12.2 Å². The molecule has 80 valence electrons. The number of nitrogens with one attached hydrogen (secondary N) is 1. The summed E-state index contributed by atoms with van der Waals surface area (Å²) in [6.45, 7) is 4.48. The average molecular weight is 196 g/mol. The molecule has 1 aliphatic carbocycles. The molecule has 1 rings (SSSR count). The molecule has 3 nitrogen and oxygen atoms in total. The number of rotatable bonds is 5. The van der Waals surface area contributed by atoms with Crippen LogP contribution in [0.1, 0.15) is 33.1 Å². The minimum absolute atomic E-state index is 0.00972. The minimum Gasteiger partial charge on any atom is -0.354 e. The predicted octanol–water partition coefficient (Wildman–Crippen LogP) is 1.20. The van der Waals surface area contributed by atoms with Crippen LogP contribution in [0.25, 0.3) is 0 Å². The molecular weight excluding hydrogens is 176 g/mol. The summed E-state index contributed by atoms with van der Waals surface area (Å²) >= 11 is 0. The molecular formula is C11H20N2O. The lowest BCUT2D eigenvalue weighted by Crippen LogP contribution is -2.53. The van der Waals surface area contributed by atoms with Crippen LogP contribution < -0.4 is 11.1 Å². The van der Waals surface area contributed by atoms with Gasteiger partial charge in [0.05, 0.1) is 5.54 Å². The molecule has 1 unspecified atom stereocenters. The van der Waals surface area contributed by atoms with E-state index in [9.17, 15) is 4.79 Å². The Balaban J connectivity index is 2.26. The molecule has 0 aromatic rings. The summed E-state index contributed by atoms with van der Waals surface area (Å²) in [5, 5.41) is 2.86. The van der Waals surface area contributed by atoms with Crippen LogP contribution in [-0.2, 0) is 4.79 Å². The van der Waals surface area contributed by atoms with Crippen LogP contribution in [0.5, 0.6) is 0 Å². The summed E-state index contributed by atoms with van der Waals surface area (Å²) in [7, 11) is 0. The highest BCUT2D eigenvalue weighted by Gasteiger charge is 2.43. The summed E-state index contributed by atoms with van der Waals surface area (Å²) in [5.41, 5.74) is 5.29. The van der Waals surface area contributed by atoms with Crippen molar-refractivity contribution in [1.29, 1.82) is 0 Å². The van der Waals surface area contributed by atoms with Crippen molar-refractivity contribution in [3.8, 4) is 0 Å². The van der Waals surface area contributed by atoms with Crippen LogP contribution in [0.15, 0.2) is 12.2 Å². The number of hydrogen-bond donors (Lipinski definition) is 2. The van der Waals surface area contributed by atoms with Crippen molar-refractivity contribution in [3.63, 3.8) is 0 Å². The van der Waals surface area contributed by atoms with Gasteiger partial charge < -0.3 is 11.1 Å². The number of hydrogen-bond acceptors (Lipinski definition) is 2. The molecule has 0 saturated heterocycles.